The maximum absolute atomic E-state index is 12.8. The molecule has 0 amide bonds. The molecule has 10 heterocycles. The smallest absolute Gasteiger partial charge is 0.138 e. The van der Waals surface area contributed by atoms with E-state index in [1.54, 1.807) is 6.20 Å². The number of piperidine rings is 2. The van der Waals surface area contributed by atoms with Gasteiger partial charge in [0.2, 0.25) is 0 Å². The Morgan fingerprint density at radius 3 is 1.49 bits per heavy atom. The number of likely N-dealkylation sites (N-methyl/N-ethyl adjacent to an activating group) is 2. The molecule has 13 heteroatoms. The first-order chi connectivity index (χ1) is 28.8. The molecular weight excluding hydrogens is 737 g/mol. The van der Waals surface area contributed by atoms with Crippen molar-refractivity contribution in [3.05, 3.63) is 119 Å². The lowest BCUT2D eigenvalue weighted by atomic mass is 9.92. The van der Waals surface area contributed by atoms with E-state index in [-0.39, 0.29) is 23.9 Å². The van der Waals surface area contributed by atoms with Crippen LogP contribution in [-0.4, -0.2) is 111 Å². The fourth-order valence-electron chi connectivity index (χ4n) is 9.48. The van der Waals surface area contributed by atoms with Crippen LogP contribution < -0.4 is 20.4 Å². The van der Waals surface area contributed by atoms with Crippen molar-refractivity contribution in [2.24, 2.45) is 0 Å². The van der Waals surface area contributed by atoms with Crippen molar-refractivity contribution >= 4 is 28.7 Å². The van der Waals surface area contributed by atoms with Crippen LogP contribution in [0.4, 0.5) is 11.6 Å². The van der Waals surface area contributed by atoms with Crippen molar-refractivity contribution in [1.29, 1.82) is 0 Å². The molecule has 0 bridgehead atoms. The number of nitrogens with one attached hydrogen (secondary N) is 2. The van der Waals surface area contributed by atoms with Crippen LogP contribution in [0.5, 0.6) is 0 Å². The molecule has 2 unspecified atom stereocenters. The van der Waals surface area contributed by atoms with Gasteiger partial charge in [0, 0.05) is 90.0 Å². The van der Waals surface area contributed by atoms with Gasteiger partial charge in [-0.2, -0.15) is 0 Å². The van der Waals surface area contributed by atoms with Gasteiger partial charge in [-0.1, -0.05) is 24.3 Å². The SMILES string of the molecule is Cc1cccnc1C1CC(=O)CC(c2nc3ccccn3c2N2CCN(C)CC2)N1.Cc1cccnc1[C@@H]1CCC[C@H](c2nc3ccccn3c2N2CCN(C)CC2)N1. The van der Waals surface area contributed by atoms with Crippen molar-refractivity contribution < 1.29 is 4.79 Å². The van der Waals surface area contributed by atoms with Gasteiger partial charge in [-0.05, 0) is 94.7 Å². The van der Waals surface area contributed by atoms with Gasteiger partial charge in [0.15, 0.2) is 0 Å². The van der Waals surface area contributed by atoms with Crippen molar-refractivity contribution in [3.8, 4) is 0 Å². The van der Waals surface area contributed by atoms with Gasteiger partial charge in [-0.25, -0.2) is 9.97 Å². The molecule has 0 aromatic carbocycles. The summed E-state index contributed by atoms with van der Waals surface area (Å²) in [6, 6.07) is 20.9. The first-order valence-corrected chi connectivity index (χ1v) is 21.5. The van der Waals surface area contributed by atoms with Crippen molar-refractivity contribution in [2.45, 2.75) is 70.1 Å². The molecule has 4 fully saturated rings. The number of hydrogen-bond donors (Lipinski definition) is 2. The molecule has 6 aromatic rings. The summed E-state index contributed by atoms with van der Waals surface area (Å²) < 4.78 is 4.44. The Morgan fingerprint density at radius 2 is 0.983 bits per heavy atom. The third-order valence-electron chi connectivity index (χ3n) is 12.7. The molecule has 10 rings (SSSR count). The molecule has 308 valence electrons. The molecule has 6 aromatic heterocycles. The van der Waals surface area contributed by atoms with Crippen LogP contribution in [0.2, 0.25) is 0 Å². The number of Topliss-reactive ketones (excluding diaryl/α,β-unsaturated/α-hetero) is 1. The largest absolute Gasteiger partial charge is 0.354 e. The standard InChI is InChI=1S/C23H28N6O.C23H30N6/c1-16-6-5-8-24-21(16)18-14-17(30)15-19(25-18)22-23(28-12-10-27(2)11-13-28)29-9-4-3-7-20(29)26-22;1-17-7-6-11-24-21(17)18-8-5-9-19(25-18)22-23(28-15-13-27(2)14-16-28)29-12-4-3-10-20(29)26-22/h3-9,18-19,25H,10-15H2,1-2H3;3-4,6-7,10-12,18-19,25H,5,8-9,13-16H2,1-2H3/t;18-,19+/m.0/s1. The number of aryl methyl sites for hydroxylation is 2. The number of anilines is 2. The maximum Gasteiger partial charge on any atom is 0.138 e. The Labute approximate surface area is 347 Å². The third kappa shape index (κ3) is 8.21. The normalized spacial score (nSPS) is 23.4. The minimum absolute atomic E-state index is 0.0809. The summed E-state index contributed by atoms with van der Waals surface area (Å²) >= 11 is 0. The van der Waals surface area contributed by atoms with Crippen molar-refractivity contribution in [3.63, 3.8) is 0 Å². The Balaban J connectivity index is 0.000000152. The van der Waals surface area contributed by atoms with E-state index in [0.29, 0.717) is 18.9 Å². The summed E-state index contributed by atoms with van der Waals surface area (Å²) in [4.78, 5) is 41.8. The van der Waals surface area contributed by atoms with Crippen LogP contribution in [0, 0.1) is 13.8 Å². The van der Waals surface area contributed by atoms with Crippen LogP contribution in [0.1, 0.15) is 90.2 Å². The number of carbonyl (C=O) groups is 1. The average molecular weight is 795 g/mol. The van der Waals surface area contributed by atoms with Crippen LogP contribution in [0.25, 0.3) is 11.3 Å². The summed E-state index contributed by atoms with van der Waals surface area (Å²) in [7, 11) is 4.36. The Morgan fingerprint density at radius 1 is 0.542 bits per heavy atom. The lowest BCUT2D eigenvalue weighted by Crippen LogP contribution is -2.46. The molecule has 0 radical (unpaired) electrons. The molecule has 13 nitrogen and oxygen atoms in total. The topological polar surface area (TPSA) is 114 Å². The van der Waals surface area contributed by atoms with Gasteiger partial charge in [0.25, 0.3) is 0 Å². The van der Waals surface area contributed by atoms with Crippen LogP contribution in [0.3, 0.4) is 0 Å². The van der Waals surface area contributed by atoms with Crippen LogP contribution >= 0.6 is 0 Å². The zero-order chi connectivity index (χ0) is 40.5. The minimum atomic E-state index is -0.118. The predicted octanol–water partition coefficient (Wildman–Crippen LogP) is 5.87. The first kappa shape index (κ1) is 39.3. The maximum atomic E-state index is 12.8. The molecule has 2 N–H and O–H groups in total. The monoisotopic (exact) mass is 794 g/mol. The van der Waals surface area contributed by atoms with Gasteiger partial charge in [-0.15, -0.1) is 0 Å². The number of rotatable bonds is 6. The van der Waals surface area contributed by atoms with Crippen LogP contribution in [-0.2, 0) is 4.79 Å². The zero-order valence-electron chi connectivity index (χ0n) is 35.0. The Kier molecular flexibility index (Phi) is 11.4. The molecule has 4 aliphatic rings. The number of hydrogen-bond acceptors (Lipinski definition) is 11. The highest BCUT2D eigenvalue weighted by atomic mass is 16.1. The Hall–Kier alpha value is -5.21. The summed E-state index contributed by atoms with van der Waals surface area (Å²) in [5, 5.41) is 7.61. The van der Waals surface area contributed by atoms with Crippen molar-refractivity contribution in [2.75, 3.05) is 76.3 Å². The predicted molar refractivity (Wildman–Crippen MR) is 233 cm³/mol. The van der Waals surface area contributed by atoms with Gasteiger partial charge < -0.3 is 24.9 Å². The number of aromatic nitrogens is 6. The quantitative estimate of drug-likeness (QED) is 0.211. The second-order valence-corrected chi connectivity index (χ2v) is 16.9. The van der Waals surface area contributed by atoms with Gasteiger partial charge in [0.1, 0.15) is 40.1 Å². The van der Waals surface area contributed by atoms with E-state index in [9.17, 15) is 4.79 Å². The summed E-state index contributed by atoms with van der Waals surface area (Å²) in [5.41, 5.74) is 8.64. The van der Waals surface area contributed by atoms with Crippen LogP contribution in [0.15, 0.2) is 85.5 Å². The highest BCUT2D eigenvalue weighted by Crippen LogP contribution is 2.38. The second-order valence-electron chi connectivity index (χ2n) is 16.9. The average Bonchev–Trinajstić information content (AvgIpc) is 3.85. The van der Waals surface area contributed by atoms with Gasteiger partial charge in [0.05, 0.1) is 35.6 Å². The number of fused-ring (bicyclic) bond motifs is 2. The van der Waals surface area contributed by atoms with Crippen molar-refractivity contribution in [1.82, 2.24) is 49.2 Å². The fraction of sp³-hybridized carbons (Fsp3) is 0.457. The second kappa shape index (κ2) is 17.2. The highest BCUT2D eigenvalue weighted by Gasteiger charge is 2.35. The first-order valence-electron chi connectivity index (χ1n) is 21.5. The van der Waals surface area contributed by atoms with Gasteiger partial charge in [-0.3, -0.25) is 28.9 Å². The highest BCUT2D eigenvalue weighted by molar-refractivity contribution is 5.81. The molecule has 4 aliphatic heterocycles. The molecule has 59 heavy (non-hydrogen) atoms. The number of carbonyl (C=O) groups excluding carboxylic acids is 1. The number of pyridine rings is 4. The molecule has 0 aliphatic carbocycles. The van der Waals surface area contributed by atoms with E-state index in [4.69, 9.17) is 9.97 Å². The van der Waals surface area contributed by atoms with E-state index in [1.165, 1.54) is 29.2 Å². The molecule has 4 atom stereocenters. The fourth-order valence-corrected chi connectivity index (χ4v) is 9.48. The summed E-state index contributed by atoms with van der Waals surface area (Å²) in [5.74, 6) is 2.64. The van der Waals surface area contributed by atoms with E-state index in [0.717, 1.165) is 99.3 Å². The third-order valence-corrected chi connectivity index (χ3v) is 12.7. The van der Waals surface area contributed by atoms with E-state index < -0.39 is 0 Å². The summed E-state index contributed by atoms with van der Waals surface area (Å²) in [6.45, 7) is 12.4. The lowest BCUT2D eigenvalue weighted by molar-refractivity contribution is -0.121. The molecule has 0 spiro atoms. The van der Waals surface area contributed by atoms with E-state index >= 15 is 0 Å². The minimum Gasteiger partial charge on any atom is -0.354 e. The zero-order valence-corrected chi connectivity index (χ0v) is 35.0. The van der Waals surface area contributed by atoms with Gasteiger partial charge >= 0.3 is 0 Å². The number of piperazine rings is 2. The Bertz CT molecular complexity index is 2390. The molecule has 0 saturated carbocycles. The molecule has 4 saturated heterocycles. The lowest BCUT2D eigenvalue weighted by Gasteiger charge is -2.36. The molecular formula is C46H58N12O. The van der Waals surface area contributed by atoms with E-state index in [1.807, 2.05) is 36.5 Å². The number of ketones is 1. The summed E-state index contributed by atoms with van der Waals surface area (Å²) in [6.07, 6.45) is 12.3. The van der Waals surface area contributed by atoms with E-state index in [2.05, 4.69) is 120 Å². The number of nitrogens with zero attached hydrogens (tertiary/aromatic N) is 10. The number of imidazole rings is 2.